The molecule has 2 N–H and O–H groups in total. The summed E-state index contributed by atoms with van der Waals surface area (Å²) >= 11 is 0. The molecular formula is C17H22N2O6S. The molecule has 0 saturated heterocycles. The minimum atomic E-state index is -3.99. The maximum atomic E-state index is 12.3. The van der Waals surface area contributed by atoms with Crippen molar-refractivity contribution in [2.24, 2.45) is 0 Å². The second-order valence-corrected chi connectivity index (χ2v) is 7.25. The molecule has 0 aliphatic carbocycles. The highest BCUT2D eigenvalue weighted by molar-refractivity contribution is 7.89. The standard InChI is InChI=1S/C17H22N2O6S/c1-5-10-18-16(21)13(4)25-17(22)11(2)19-26(23,24)15-8-6-14(7-9-15)12(3)20/h5-9,11,13,19H,1,10H2,2-4H3,(H,18,21)/t11-,13+/m0/s1. The molecule has 0 unspecified atom stereocenters. The molecule has 8 nitrogen and oxygen atoms in total. The van der Waals surface area contributed by atoms with Gasteiger partial charge in [-0.2, -0.15) is 4.72 Å². The number of Topliss-reactive ketones (excluding diaryl/α,β-unsaturated/α-hetero) is 1. The highest BCUT2D eigenvalue weighted by Crippen LogP contribution is 2.12. The van der Waals surface area contributed by atoms with E-state index in [9.17, 15) is 22.8 Å². The molecule has 0 heterocycles. The van der Waals surface area contributed by atoms with Crippen LogP contribution in [0.15, 0.2) is 41.8 Å². The molecule has 0 aromatic heterocycles. The number of nitrogens with one attached hydrogen (secondary N) is 2. The van der Waals surface area contributed by atoms with E-state index in [0.29, 0.717) is 5.56 Å². The zero-order chi connectivity index (χ0) is 19.9. The van der Waals surface area contributed by atoms with Gasteiger partial charge in [-0.1, -0.05) is 18.2 Å². The van der Waals surface area contributed by atoms with Gasteiger partial charge in [-0.3, -0.25) is 14.4 Å². The van der Waals surface area contributed by atoms with Crippen molar-refractivity contribution in [3.05, 3.63) is 42.5 Å². The Kier molecular flexibility index (Phi) is 7.66. The summed E-state index contributed by atoms with van der Waals surface area (Å²) in [5.74, 6) is -1.61. The van der Waals surface area contributed by atoms with Gasteiger partial charge in [0.15, 0.2) is 11.9 Å². The molecule has 9 heteroatoms. The highest BCUT2D eigenvalue weighted by Gasteiger charge is 2.26. The fraction of sp³-hybridized carbons (Fsp3) is 0.353. The number of ether oxygens (including phenoxy) is 1. The van der Waals surface area contributed by atoms with Gasteiger partial charge in [0.2, 0.25) is 10.0 Å². The summed E-state index contributed by atoms with van der Waals surface area (Å²) in [6, 6.07) is 4.09. The maximum Gasteiger partial charge on any atom is 0.324 e. The number of hydrogen-bond donors (Lipinski definition) is 2. The van der Waals surface area contributed by atoms with Gasteiger partial charge in [0.25, 0.3) is 5.91 Å². The maximum absolute atomic E-state index is 12.3. The lowest BCUT2D eigenvalue weighted by Gasteiger charge is -2.17. The molecule has 0 aliphatic rings. The van der Waals surface area contributed by atoms with E-state index >= 15 is 0 Å². The fourth-order valence-corrected chi connectivity index (χ4v) is 3.06. The van der Waals surface area contributed by atoms with E-state index in [2.05, 4.69) is 16.6 Å². The third kappa shape index (κ3) is 6.08. The number of carbonyl (C=O) groups excluding carboxylic acids is 3. The van der Waals surface area contributed by atoms with Crippen molar-refractivity contribution < 1.29 is 27.5 Å². The second kappa shape index (κ2) is 9.25. The smallest absolute Gasteiger partial charge is 0.324 e. The van der Waals surface area contributed by atoms with Crippen LogP contribution in [0.3, 0.4) is 0 Å². The average Bonchev–Trinajstić information content (AvgIpc) is 2.59. The first-order valence-electron chi connectivity index (χ1n) is 7.81. The van der Waals surface area contributed by atoms with E-state index in [4.69, 9.17) is 4.74 Å². The first-order chi connectivity index (χ1) is 12.1. The normalized spacial score (nSPS) is 13.3. The molecule has 1 amide bonds. The van der Waals surface area contributed by atoms with Crippen LogP contribution < -0.4 is 10.0 Å². The average molecular weight is 382 g/mol. The van der Waals surface area contributed by atoms with Crippen LogP contribution in [-0.2, 0) is 24.3 Å². The molecule has 0 fully saturated rings. The van der Waals surface area contributed by atoms with Crippen molar-refractivity contribution in [2.45, 2.75) is 37.8 Å². The van der Waals surface area contributed by atoms with Crippen LogP contribution in [0.5, 0.6) is 0 Å². The number of esters is 1. The van der Waals surface area contributed by atoms with Gasteiger partial charge in [0.1, 0.15) is 6.04 Å². The minimum absolute atomic E-state index is 0.0982. The monoisotopic (exact) mass is 382 g/mol. The van der Waals surface area contributed by atoms with E-state index in [-0.39, 0.29) is 17.2 Å². The van der Waals surface area contributed by atoms with Gasteiger partial charge in [-0.15, -0.1) is 6.58 Å². The molecule has 26 heavy (non-hydrogen) atoms. The Hall–Kier alpha value is -2.52. The van der Waals surface area contributed by atoms with Crippen LogP contribution in [0.25, 0.3) is 0 Å². The molecule has 0 radical (unpaired) electrons. The molecule has 1 rings (SSSR count). The summed E-state index contributed by atoms with van der Waals surface area (Å²) in [7, 11) is -3.99. The molecule has 142 valence electrons. The van der Waals surface area contributed by atoms with Crippen molar-refractivity contribution in [3.63, 3.8) is 0 Å². The SMILES string of the molecule is C=CCNC(=O)[C@@H](C)OC(=O)[C@H](C)NS(=O)(=O)c1ccc(C(C)=O)cc1. The largest absolute Gasteiger partial charge is 0.451 e. The van der Waals surface area contributed by atoms with Crippen LogP contribution in [0.1, 0.15) is 31.1 Å². The van der Waals surface area contributed by atoms with Crippen molar-refractivity contribution >= 4 is 27.7 Å². The molecule has 1 aromatic rings. The van der Waals surface area contributed by atoms with E-state index in [0.717, 1.165) is 0 Å². The lowest BCUT2D eigenvalue weighted by atomic mass is 10.2. The summed E-state index contributed by atoms with van der Waals surface area (Å²) in [5, 5.41) is 2.46. The van der Waals surface area contributed by atoms with Gasteiger partial charge in [-0.05, 0) is 32.9 Å². The summed E-state index contributed by atoms with van der Waals surface area (Å²) < 4.78 is 31.7. The Balaban J connectivity index is 2.73. The topological polar surface area (TPSA) is 119 Å². The minimum Gasteiger partial charge on any atom is -0.451 e. The summed E-state index contributed by atoms with van der Waals surface area (Å²) in [6.45, 7) is 7.71. The molecular weight excluding hydrogens is 360 g/mol. The number of amides is 1. The van der Waals surface area contributed by atoms with Crippen LogP contribution in [0.4, 0.5) is 0 Å². The molecule has 1 aromatic carbocycles. The number of hydrogen-bond acceptors (Lipinski definition) is 6. The molecule has 0 spiro atoms. The third-order valence-electron chi connectivity index (χ3n) is 3.34. The van der Waals surface area contributed by atoms with Gasteiger partial charge in [-0.25, -0.2) is 8.42 Å². The number of ketones is 1. The Morgan fingerprint density at radius 3 is 2.27 bits per heavy atom. The first kappa shape index (κ1) is 21.5. The number of carbonyl (C=O) groups is 3. The van der Waals surface area contributed by atoms with Crippen molar-refractivity contribution in [3.8, 4) is 0 Å². The molecule has 0 bridgehead atoms. The fourth-order valence-electron chi connectivity index (χ4n) is 1.86. The number of rotatable bonds is 9. The van der Waals surface area contributed by atoms with Crippen LogP contribution in [0, 0.1) is 0 Å². The van der Waals surface area contributed by atoms with Gasteiger partial charge in [0.05, 0.1) is 4.90 Å². The van der Waals surface area contributed by atoms with E-state index < -0.39 is 34.0 Å². The number of sulfonamides is 1. The summed E-state index contributed by atoms with van der Waals surface area (Å²) in [5.41, 5.74) is 0.371. The predicted molar refractivity (Wildman–Crippen MR) is 95.0 cm³/mol. The van der Waals surface area contributed by atoms with Crippen molar-refractivity contribution in [1.29, 1.82) is 0 Å². The lowest BCUT2D eigenvalue weighted by Crippen LogP contribution is -2.43. The van der Waals surface area contributed by atoms with Gasteiger partial charge in [0, 0.05) is 12.1 Å². The lowest BCUT2D eigenvalue weighted by molar-refractivity contribution is -0.155. The zero-order valence-electron chi connectivity index (χ0n) is 14.8. The summed E-state index contributed by atoms with van der Waals surface area (Å²) in [4.78, 5) is 34.8. The van der Waals surface area contributed by atoms with Crippen LogP contribution >= 0.6 is 0 Å². The van der Waals surface area contributed by atoms with Gasteiger partial charge >= 0.3 is 5.97 Å². The molecule has 0 saturated carbocycles. The van der Waals surface area contributed by atoms with E-state index in [1.165, 1.54) is 51.1 Å². The van der Waals surface area contributed by atoms with Crippen LogP contribution in [-0.4, -0.2) is 44.8 Å². The Morgan fingerprint density at radius 1 is 1.19 bits per heavy atom. The van der Waals surface area contributed by atoms with E-state index in [1.54, 1.807) is 0 Å². The zero-order valence-corrected chi connectivity index (χ0v) is 15.6. The molecule has 0 aliphatic heterocycles. The Bertz CT molecular complexity index is 786. The summed E-state index contributed by atoms with van der Waals surface area (Å²) in [6.07, 6.45) is 0.393. The highest BCUT2D eigenvalue weighted by atomic mass is 32.2. The second-order valence-electron chi connectivity index (χ2n) is 5.54. The third-order valence-corrected chi connectivity index (χ3v) is 4.90. The first-order valence-corrected chi connectivity index (χ1v) is 9.29. The van der Waals surface area contributed by atoms with Crippen molar-refractivity contribution in [1.82, 2.24) is 10.0 Å². The number of benzene rings is 1. The molecule has 2 atom stereocenters. The quantitative estimate of drug-likeness (QED) is 0.370. The predicted octanol–water partition coefficient (Wildman–Crippen LogP) is 0.790. The Labute approximate surface area is 152 Å². The van der Waals surface area contributed by atoms with Crippen LogP contribution in [0.2, 0.25) is 0 Å². The Morgan fingerprint density at radius 2 is 1.77 bits per heavy atom. The van der Waals surface area contributed by atoms with Gasteiger partial charge < -0.3 is 10.1 Å². The van der Waals surface area contributed by atoms with Crippen molar-refractivity contribution in [2.75, 3.05) is 6.54 Å². The van der Waals surface area contributed by atoms with E-state index in [1.807, 2.05) is 0 Å².